The largest absolute Gasteiger partial charge is 0.420 e. The van der Waals surface area contributed by atoms with Gasteiger partial charge in [-0.25, -0.2) is 4.79 Å². The summed E-state index contributed by atoms with van der Waals surface area (Å²) >= 11 is 0. The van der Waals surface area contributed by atoms with Gasteiger partial charge in [-0.3, -0.25) is 0 Å². The minimum Gasteiger partial charge on any atom is -0.420 e. The molecule has 4 rings (SSSR count). The fourth-order valence-electron chi connectivity index (χ4n) is 3.33. The number of methoxy groups -OCH3 is 1. The summed E-state index contributed by atoms with van der Waals surface area (Å²) in [6.07, 6.45) is 0. The topological polar surface area (TPSA) is 51.3 Å². The predicted molar refractivity (Wildman–Crippen MR) is 82.7 cm³/mol. The zero-order valence-electron chi connectivity index (χ0n) is 12.3. The molecular formula is C18H15NO3. The van der Waals surface area contributed by atoms with E-state index in [-0.39, 0.29) is 5.97 Å². The highest BCUT2D eigenvalue weighted by molar-refractivity contribution is 5.97. The molecule has 1 aliphatic heterocycles. The summed E-state index contributed by atoms with van der Waals surface area (Å²) in [6, 6.07) is 15.3. The molecule has 4 nitrogen and oxygen atoms in total. The van der Waals surface area contributed by atoms with E-state index in [1.165, 1.54) is 0 Å². The van der Waals surface area contributed by atoms with Crippen LogP contribution in [0, 0.1) is 6.92 Å². The second kappa shape index (κ2) is 4.45. The Hall–Kier alpha value is -2.59. The molecule has 0 saturated carbocycles. The average molecular weight is 293 g/mol. The van der Waals surface area contributed by atoms with E-state index in [0.717, 1.165) is 27.7 Å². The number of cyclic esters (lactones) is 1. The van der Waals surface area contributed by atoms with Crippen LogP contribution in [-0.2, 0) is 15.3 Å². The maximum absolute atomic E-state index is 12.3. The summed E-state index contributed by atoms with van der Waals surface area (Å²) < 4.78 is 11.5. The Morgan fingerprint density at radius 2 is 1.82 bits per heavy atom. The predicted octanol–water partition coefficient (Wildman–Crippen LogP) is 3.49. The molecule has 0 radical (unpaired) electrons. The normalized spacial score (nSPS) is 20.2. The van der Waals surface area contributed by atoms with Crippen molar-refractivity contribution in [3.05, 3.63) is 70.9 Å². The Kier molecular flexibility index (Phi) is 2.65. The molecule has 4 heteroatoms. The smallest absolute Gasteiger partial charge is 0.341 e. The molecule has 1 N–H and O–H groups in total. The van der Waals surface area contributed by atoms with Crippen molar-refractivity contribution in [2.24, 2.45) is 0 Å². The van der Waals surface area contributed by atoms with Gasteiger partial charge in [0.25, 0.3) is 5.79 Å². The standard InChI is InChI=1S/C18H15NO3/c1-11-16(13-8-4-6-10-15(13)19-11)18(21-2)14-9-5-3-7-12(14)17(20)22-18/h3-10,19H,1-2H3. The Bertz CT molecular complexity index is 896. The van der Waals surface area contributed by atoms with Gasteiger partial charge in [-0.2, -0.15) is 0 Å². The van der Waals surface area contributed by atoms with Crippen molar-refractivity contribution in [2.45, 2.75) is 12.7 Å². The number of aryl methyl sites for hydroxylation is 1. The van der Waals surface area contributed by atoms with Crippen LogP contribution < -0.4 is 0 Å². The lowest BCUT2D eigenvalue weighted by Crippen LogP contribution is -2.30. The van der Waals surface area contributed by atoms with E-state index in [1.54, 1.807) is 13.2 Å². The molecule has 1 unspecified atom stereocenters. The number of aromatic amines is 1. The molecule has 0 saturated heterocycles. The molecule has 110 valence electrons. The van der Waals surface area contributed by atoms with Gasteiger partial charge in [0, 0.05) is 29.3 Å². The molecule has 2 aromatic carbocycles. The van der Waals surface area contributed by atoms with Gasteiger partial charge in [0.15, 0.2) is 0 Å². The number of rotatable bonds is 2. The van der Waals surface area contributed by atoms with Crippen molar-refractivity contribution in [1.82, 2.24) is 4.98 Å². The lowest BCUT2D eigenvalue weighted by molar-refractivity contribution is -0.154. The van der Waals surface area contributed by atoms with E-state index in [2.05, 4.69) is 4.98 Å². The van der Waals surface area contributed by atoms with E-state index in [4.69, 9.17) is 9.47 Å². The summed E-state index contributed by atoms with van der Waals surface area (Å²) in [5.74, 6) is -1.56. The number of benzene rings is 2. The van der Waals surface area contributed by atoms with Gasteiger partial charge in [-0.1, -0.05) is 36.4 Å². The van der Waals surface area contributed by atoms with E-state index in [1.807, 2.05) is 49.4 Å². The lowest BCUT2D eigenvalue weighted by Gasteiger charge is -2.27. The lowest BCUT2D eigenvalue weighted by atomic mass is 9.93. The first-order valence-corrected chi connectivity index (χ1v) is 7.13. The number of H-pyrrole nitrogens is 1. The number of fused-ring (bicyclic) bond motifs is 2. The summed E-state index contributed by atoms with van der Waals surface area (Å²) in [5.41, 5.74) is 4.06. The SMILES string of the molecule is COC1(c2c(C)[nH]c3ccccc23)OC(=O)c2ccccc21. The monoisotopic (exact) mass is 293 g/mol. The second-order valence-corrected chi connectivity index (χ2v) is 5.43. The van der Waals surface area contributed by atoms with Crippen LogP contribution in [0.1, 0.15) is 27.2 Å². The molecule has 0 fully saturated rings. The Labute approximate surface area is 127 Å². The van der Waals surface area contributed by atoms with E-state index >= 15 is 0 Å². The Morgan fingerprint density at radius 3 is 2.64 bits per heavy atom. The minimum atomic E-state index is -1.20. The fraction of sp³-hybridized carbons (Fsp3) is 0.167. The van der Waals surface area contributed by atoms with Crippen molar-refractivity contribution in [1.29, 1.82) is 0 Å². The second-order valence-electron chi connectivity index (χ2n) is 5.43. The summed E-state index contributed by atoms with van der Waals surface area (Å²) in [5, 5.41) is 0.992. The van der Waals surface area contributed by atoms with Gasteiger partial charge in [0.2, 0.25) is 0 Å². The van der Waals surface area contributed by atoms with Crippen LogP contribution in [0.2, 0.25) is 0 Å². The fourth-order valence-corrected chi connectivity index (χ4v) is 3.33. The third-order valence-electron chi connectivity index (χ3n) is 4.25. The number of nitrogens with one attached hydrogen (secondary N) is 1. The van der Waals surface area contributed by atoms with Gasteiger partial charge >= 0.3 is 5.97 Å². The Balaban J connectivity index is 2.08. The number of carbonyl (C=O) groups is 1. The summed E-state index contributed by atoms with van der Waals surface area (Å²) in [4.78, 5) is 15.6. The van der Waals surface area contributed by atoms with Crippen molar-refractivity contribution < 1.29 is 14.3 Å². The number of carbonyl (C=O) groups excluding carboxylic acids is 1. The van der Waals surface area contributed by atoms with E-state index in [9.17, 15) is 4.79 Å². The van der Waals surface area contributed by atoms with Gasteiger partial charge in [-0.15, -0.1) is 0 Å². The first-order chi connectivity index (χ1) is 10.7. The van der Waals surface area contributed by atoms with Crippen LogP contribution in [0.25, 0.3) is 10.9 Å². The number of hydrogen-bond acceptors (Lipinski definition) is 3. The quantitative estimate of drug-likeness (QED) is 0.736. The number of hydrogen-bond donors (Lipinski definition) is 1. The maximum Gasteiger partial charge on any atom is 0.341 e. The molecule has 2 heterocycles. The molecule has 3 aromatic rings. The van der Waals surface area contributed by atoms with Crippen molar-refractivity contribution in [3.8, 4) is 0 Å². The average Bonchev–Trinajstić information content (AvgIpc) is 3.02. The Morgan fingerprint density at radius 1 is 1.09 bits per heavy atom. The maximum atomic E-state index is 12.3. The highest BCUT2D eigenvalue weighted by atomic mass is 16.7. The number of para-hydroxylation sites is 1. The zero-order valence-corrected chi connectivity index (χ0v) is 12.3. The van der Waals surface area contributed by atoms with Crippen LogP contribution in [0.5, 0.6) is 0 Å². The van der Waals surface area contributed by atoms with Crippen LogP contribution in [-0.4, -0.2) is 18.1 Å². The molecule has 1 aromatic heterocycles. The highest BCUT2D eigenvalue weighted by Gasteiger charge is 2.49. The van der Waals surface area contributed by atoms with Crippen molar-refractivity contribution >= 4 is 16.9 Å². The van der Waals surface area contributed by atoms with E-state index < -0.39 is 5.79 Å². The van der Waals surface area contributed by atoms with Crippen molar-refractivity contribution in [2.75, 3.05) is 7.11 Å². The third kappa shape index (κ3) is 1.53. The minimum absolute atomic E-state index is 0.359. The number of aromatic nitrogens is 1. The van der Waals surface area contributed by atoms with Gasteiger partial charge in [0.1, 0.15) is 0 Å². The molecule has 1 aliphatic rings. The van der Waals surface area contributed by atoms with Gasteiger partial charge < -0.3 is 14.5 Å². The zero-order chi connectivity index (χ0) is 15.3. The van der Waals surface area contributed by atoms with Gasteiger partial charge in [0.05, 0.1) is 11.1 Å². The van der Waals surface area contributed by atoms with Crippen LogP contribution in [0.3, 0.4) is 0 Å². The number of esters is 1. The molecule has 0 bridgehead atoms. The first kappa shape index (κ1) is 13.1. The highest BCUT2D eigenvalue weighted by Crippen LogP contribution is 2.46. The van der Waals surface area contributed by atoms with Gasteiger partial charge in [-0.05, 0) is 19.1 Å². The van der Waals surface area contributed by atoms with Crippen LogP contribution in [0.15, 0.2) is 48.5 Å². The third-order valence-corrected chi connectivity index (χ3v) is 4.25. The molecule has 0 spiro atoms. The molecule has 1 atom stereocenters. The van der Waals surface area contributed by atoms with E-state index in [0.29, 0.717) is 5.56 Å². The summed E-state index contributed by atoms with van der Waals surface area (Å²) in [6.45, 7) is 1.96. The molecular weight excluding hydrogens is 278 g/mol. The first-order valence-electron chi connectivity index (χ1n) is 7.13. The number of ether oxygens (including phenoxy) is 2. The molecule has 0 aliphatic carbocycles. The van der Waals surface area contributed by atoms with Crippen molar-refractivity contribution in [3.63, 3.8) is 0 Å². The molecule has 0 amide bonds. The van der Waals surface area contributed by atoms with Crippen LogP contribution in [0.4, 0.5) is 0 Å². The van der Waals surface area contributed by atoms with Crippen LogP contribution >= 0.6 is 0 Å². The summed E-state index contributed by atoms with van der Waals surface area (Å²) in [7, 11) is 1.57. The molecule has 22 heavy (non-hydrogen) atoms.